The van der Waals surface area contributed by atoms with E-state index in [9.17, 15) is 19.2 Å². The number of nitrogens with two attached hydrogens (primary N) is 1. The van der Waals surface area contributed by atoms with Gasteiger partial charge in [-0.25, -0.2) is 4.79 Å². The lowest BCUT2D eigenvalue weighted by Crippen LogP contribution is -2.24. The van der Waals surface area contributed by atoms with Gasteiger partial charge in [0.25, 0.3) is 17.4 Å². The molecule has 2 heterocycles. The summed E-state index contributed by atoms with van der Waals surface area (Å²) >= 11 is 0. The molecule has 8 nitrogen and oxygen atoms in total. The highest BCUT2D eigenvalue weighted by atomic mass is 16.4. The number of aromatic carboxylic acids is 1. The summed E-state index contributed by atoms with van der Waals surface area (Å²) in [6.45, 7) is 0. The van der Waals surface area contributed by atoms with Crippen molar-refractivity contribution in [2.45, 2.75) is 0 Å². The lowest BCUT2D eigenvalue weighted by atomic mass is 10.1. The van der Waals surface area contributed by atoms with Crippen LogP contribution in [0.5, 0.6) is 0 Å². The van der Waals surface area contributed by atoms with Gasteiger partial charge in [0.15, 0.2) is 0 Å². The van der Waals surface area contributed by atoms with Crippen LogP contribution in [0, 0.1) is 0 Å². The molecular formula is C14H9N3O5. The van der Waals surface area contributed by atoms with Crippen molar-refractivity contribution in [3.8, 4) is 5.69 Å². The molecule has 1 aliphatic rings. The van der Waals surface area contributed by atoms with Crippen molar-refractivity contribution in [3.05, 3.63) is 57.4 Å². The molecule has 0 saturated carbocycles. The van der Waals surface area contributed by atoms with Gasteiger partial charge < -0.3 is 10.8 Å². The van der Waals surface area contributed by atoms with Crippen molar-refractivity contribution >= 4 is 23.6 Å². The van der Waals surface area contributed by atoms with E-state index in [1.165, 1.54) is 24.3 Å². The molecule has 0 spiro atoms. The summed E-state index contributed by atoms with van der Waals surface area (Å²) < 4.78 is 0.990. The molecule has 0 aliphatic carbocycles. The number of carbonyl (C=O) groups excluding carboxylic acids is 2. The molecule has 2 aromatic rings. The van der Waals surface area contributed by atoms with Crippen LogP contribution < -0.4 is 16.6 Å². The molecular weight excluding hydrogens is 290 g/mol. The standard InChI is InChI=1S/C14H9N3O5/c15-11-10-8(12(19)16-13(10)20)5-9(18)17(11)7-3-1-2-6(4-7)14(21)22/h1-5H,15H2,(H,21,22)(H,16,19,20). The summed E-state index contributed by atoms with van der Waals surface area (Å²) in [5.41, 5.74) is 5.19. The van der Waals surface area contributed by atoms with E-state index in [0.29, 0.717) is 0 Å². The maximum Gasteiger partial charge on any atom is 0.335 e. The van der Waals surface area contributed by atoms with E-state index in [0.717, 1.165) is 10.6 Å². The quantitative estimate of drug-likeness (QED) is 0.669. The summed E-state index contributed by atoms with van der Waals surface area (Å²) in [6.07, 6.45) is 0. The van der Waals surface area contributed by atoms with Gasteiger partial charge >= 0.3 is 5.97 Å². The van der Waals surface area contributed by atoms with Crippen LogP contribution in [0.4, 0.5) is 5.82 Å². The Morgan fingerprint density at radius 2 is 1.86 bits per heavy atom. The summed E-state index contributed by atoms with van der Waals surface area (Å²) in [6, 6.07) is 6.53. The number of carboxylic acid groups (broad SMARTS) is 1. The van der Waals surface area contributed by atoms with Gasteiger partial charge in [-0.2, -0.15) is 0 Å². The number of hydrogen-bond donors (Lipinski definition) is 3. The Morgan fingerprint density at radius 1 is 1.14 bits per heavy atom. The minimum absolute atomic E-state index is 0.0372. The Balaban J connectivity index is 2.30. The molecule has 22 heavy (non-hydrogen) atoms. The molecule has 4 N–H and O–H groups in total. The van der Waals surface area contributed by atoms with Gasteiger partial charge in [0, 0.05) is 6.07 Å². The Hall–Kier alpha value is -3.42. The van der Waals surface area contributed by atoms with Gasteiger partial charge in [0.05, 0.1) is 22.4 Å². The molecule has 1 aliphatic heterocycles. The molecule has 1 aromatic heterocycles. The lowest BCUT2D eigenvalue weighted by Gasteiger charge is -2.12. The second-order valence-electron chi connectivity index (χ2n) is 4.63. The van der Waals surface area contributed by atoms with E-state index in [1.807, 2.05) is 0 Å². The number of amides is 2. The number of fused-ring (bicyclic) bond motifs is 1. The van der Waals surface area contributed by atoms with Crippen molar-refractivity contribution in [1.29, 1.82) is 0 Å². The van der Waals surface area contributed by atoms with Crippen molar-refractivity contribution in [1.82, 2.24) is 9.88 Å². The molecule has 0 fully saturated rings. The molecule has 3 rings (SSSR count). The summed E-state index contributed by atoms with van der Waals surface area (Å²) in [5, 5.41) is 11.1. The van der Waals surface area contributed by atoms with Gasteiger partial charge in [-0.3, -0.25) is 24.3 Å². The van der Waals surface area contributed by atoms with Crippen LogP contribution in [0.2, 0.25) is 0 Å². The topological polar surface area (TPSA) is 131 Å². The zero-order valence-electron chi connectivity index (χ0n) is 11.0. The Bertz CT molecular complexity index is 913. The van der Waals surface area contributed by atoms with Crippen molar-refractivity contribution in [3.63, 3.8) is 0 Å². The zero-order valence-corrected chi connectivity index (χ0v) is 11.0. The van der Waals surface area contributed by atoms with Crippen molar-refractivity contribution < 1.29 is 19.5 Å². The number of imide groups is 1. The molecule has 1 aromatic carbocycles. The fourth-order valence-electron chi connectivity index (χ4n) is 2.32. The van der Waals surface area contributed by atoms with Crippen LogP contribution in [0.15, 0.2) is 35.1 Å². The largest absolute Gasteiger partial charge is 0.478 e. The normalized spacial score (nSPS) is 12.9. The molecule has 110 valence electrons. The van der Waals surface area contributed by atoms with Crippen molar-refractivity contribution in [2.24, 2.45) is 0 Å². The third-order valence-electron chi connectivity index (χ3n) is 3.30. The zero-order chi connectivity index (χ0) is 16.0. The second kappa shape index (κ2) is 4.55. The van der Waals surface area contributed by atoms with E-state index in [4.69, 9.17) is 10.8 Å². The van der Waals surface area contributed by atoms with Crippen LogP contribution >= 0.6 is 0 Å². The average molecular weight is 299 g/mol. The second-order valence-corrected chi connectivity index (χ2v) is 4.63. The lowest BCUT2D eigenvalue weighted by molar-refractivity contribution is 0.0696. The van der Waals surface area contributed by atoms with Crippen LogP contribution in [0.25, 0.3) is 5.69 Å². The first-order valence-corrected chi connectivity index (χ1v) is 6.15. The number of pyridine rings is 1. The average Bonchev–Trinajstić information content (AvgIpc) is 2.74. The Morgan fingerprint density at radius 3 is 2.55 bits per heavy atom. The number of anilines is 1. The number of carbonyl (C=O) groups is 3. The van der Waals surface area contributed by atoms with E-state index in [-0.39, 0.29) is 28.2 Å². The molecule has 0 saturated heterocycles. The minimum Gasteiger partial charge on any atom is -0.478 e. The SMILES string of the molecule is Nc1c2c(cc(=O)n1-c1cccc(C(=O)O)c1)C(=O)NC2=O. The number of hydrogen-bond acceptors (Lipinski definition) is 5. The Kier molecular flexibility index (Phi) is 2.81. The fraction of sp³-hybridized carbons (Fsp3) is 0. The first kappa shape index (κ1) is 13.6. The van der Waals surface area contributed by atoms with E-state index < -0.39 is 23.3 Å². The van der Waals surface area contributed by atoms with Gasteiger partial charge in [0.2, 0.25) is 0 Å². The van der Waals surface area contributed by atoms with Gasteiger partial charge in [-0.1, -0.05) is 6.07 Å². The summed E-state index contributed by atoms with van der Waals surface area (Å²) in [7, 11) is 0. The van der Waals surface area contributed by atoms with E-state index in [2.05, 4.69) is 5.32 Å². The molecule has 0 atom stereocenters. The predicted octanol–water partition coefficient (Wildman–Crippen LogP) is 0.00150. The van der Waals surface area contributed by atoms with Crippen molar-refractivity contribution in [2.75, 3.05) is 5.73 Å². The number of carboxylic acids is 1. The van der Waals surface area contributed by atoms with Crippen LogP contribution in [-0.4, -0.2) is 27.5 Å². The van der Waals surface area contributed by atoms with Gasteiger partial charge in [-0.15, -0.1) is 0 Å². The fourth-order valence-corrected chi connectivity index (χ4v) is 2.32. The van der Waals surface area contributed by atoms with Gasteiger partial charge in [-0.05, 0) is 18.2 Å². The van der Waals surface area contributed by atoms with Gasteiger partial charge in [0.1, 0.15) is 5.82 Å². The maximum atomic E-state index is 12.2. The first-order valence-electron chi connectivity index (χ1n) is 6.15. The van der Waals surface area contributed by atoms with E-state index in [1.54, 1.807) is 0 Å². The molecule has 8 heteroatoms. The molecule has 0 bridgehead atoms. The number of aromatic nitrogens is 1. The highest BCUT2D eigenvalue weighted by Crippen LogP contribution is 2.23. The maximum absolute atomic E-state index is 12.2. The summed E-state index contributed by atoms with van der Waals surface area (Å²) in [4.78, 5) is 46.5. The third kappa shape index (κ3) is 1.85. The highest BCUT2D eigenvalue weighted by Gasteiger charge is 2.31. The first-order chi connectivity index (χ1) is 10.4. The smallest absolute Gasteiger partial charge is 0.335 e. The van der Waals surface area contributed by atoms with Crippen LogP contribution in [0.1, 0.15) is 31.1 Å². The van der Waals surface area contributed by atoms with E-state index >= 15 is 0 Å². The third-order valence-corrected chi connectivity index (χ3v) is 3.30. The number of nitrogens with zero attached hydrogens (tertiary/aromatic N) is 1. The highest BCUT2D eigenvalue weighted by molar-refractivity contribution is 6.23. The van der Waals surface area contributed by atoms with Crippen LogP contribution in [0.3, 0.4) is 0 Å². The number of benzene rings is 1. The monoisotopic (exact) mass is 299 g/mol. The molecule has 2 amide bonds. The number of nitrogen functional groups attached to an aromatic ring is 1. The number of nitrogens with one attached hydrogen (secondary N) is 1. The molecule has 0 unspecified atom stereocenters. The van der Waals surface area contributed by atoms with Crippen LogP contribution in [-0.2, 0) is 0 Å². The summed E-state index contributed by atoms with van der Waals surface area (Å²) in [5.74, 6) is -2.76. The minimum atomic E-state index is -1.16. The Labute approximate surface area is 122 Å². The number of rotatable bonds is 2. The molecule has 0 radical (unpaired) electrons. The predicted molar refractivity (Wildman–Crippen MR) is 75.2 cm³/mol.